The van der Waals surface area contributed by atoms with E-state index in [-0.39, 0.29) is 24.3 Å². The van der Waals surface area contributed by atoms with Crippen LogP contribution in [0, 0.1) is 6.92 Å². The van der Waals surface area contributed by atoms with Crippen molar-refractivity contribution in [2.24, 2.45) is 0 Å². The fourth-order valence-electron chi connectivity index (χ4n) is 5.11. The number of rotatable bonds is 4. The smallest absolute Gasteiger partial charge is 0.242 e. The molecule has 2 fully saturated rings. The molecular formula is C26H30N4O2. The van der Waals surface area contributed by atoms with E-state index >= 15 is 0 Å². The number of imidazole rings is 1. The molecule has 0 radical (unpaired) electrons. The van der Waals surface area contributed by atoms with Gasteiger partial charge >= 0.3 is 0 Å². The number of amides is 2. The molecule has 0 spiro atoms. The maximum atomic E-state index is 13.2. The second kappa shape index (κ2) is 8.77. The van der Waals surface area contributed by atoms with E-state index in [1.54, 1.807) is 0 Å². The van der Waals surface area contributed by atoms with E-state index in [4.69, 9.17) is 4.98 Å². The van der Waals surface area contributed by atoms with Crippen LogP contribution >= 0.6 is 0 Å². The van der Waals surface area contributed by atoms with Crippen molar-refractivity contribution < 1.29 is 9.59 Å². The van der Waals surface area contributed by atoms with Crippen LogP contribution in [0.4, 0.5) is 5.69 Å². The summed E-state index contributed by atoms with van der Waals surface area (Å²) in [6, 6.07) is 16.0. The Bertz CT molecular complexity index is 1140. The van der Waals surface area contributed by atoms with E-state index < -0.39 is 0 Å². The van der Waals surface area contributed by atoms with Crippen molar-refractivity contribution >= 4 is 28.5 Å². The molecule has 166 valence electrons. The van der Waals surface area contributed by atoms with Crippen LogP contribution in [0.3, 0.4) is 0 Å². The minimum atomic E-state index is -0.0357. The summed E-state index contributed by atoms with van der Waals surface area (Å²) in [7, 11) is 0. The number of aryl methyl sites for hydroxylation is 1. The number of aromatic nitrogens is 2. The highest BCUT2D eigenvalue weighted by Crippen LogP contribution is 2.34. The molecule has 2 aliphatic heterocycles. The summed E-state index contributed by atoms with van der Waals surface area (Å²) in [5.41, 5.74) is 3.90. The monoisotopic (exact) mass is 430 g/mol. The third-order valence-electron chi connectivity index (χ3n) is 6.83. The van der Waals surface area contributed by atoms with E-state index in [1.807, 2.05) is 65.3 Å². The first-order valence-corrected chi connectivity index (χ1v) is 11.7. The Kier molecular flexibility index (Phi) is 5.68. The average Bonchev–Trinajstić information content (AvgIpc) is 3.22. The van der Waals surface area contributed by atoms with Crippen LogP contribution < -0.4 is 4.90 Å². The number of benzene rings is 2. The topological polar surface area (TPSA) is 58.4 Å². The van der Waals surface area contributed by atoms with Gasteiger partial charge in [0.05, 0.1) is 11.0 Å². The van der Waals surface area contributed by atoms with E-state index in [0.29, 0.717) is 13.0 Å². The van der Waals surface area contributed by atoms with Crippen molar-refractivity contribution in [2.45, 2.75) is 51.5 Å². The molecule has 0 saturated carbocycles. The Labute approximate surface area is 188 Å². The van der Waals surface area contributed by atoms with Gasteiger partial charge in [0.15, 0.2) is 0 Å². The van der Waals surface area contributed by atoms with Crippen LogP contribution in [-0.4, -0.2) is 45.9 Å². The molecule has 2 aromatic carbocycles. The molecule has 3 aromatic rings. The summed E-state index contributed by atoms with van der Waals surface area (Å²) in [5, 5.41) is 0. The van der Waals surface area contributed by atoms with Gasteiger partial charge in [-0.25, -0.2) is 4.98 Å². The summed E-state index contributed by atoms with van der Waals surface area (Å²) < 4.78 is 2.06. The van der Waals surface area contributed by atoms with Crippen molar-refractivity contribution in [3.05, 3.63) is 59.9 Å². The number of para-hydroxylation sites is 3. The molecule has 2 saturated heterocycles. The van der Waals surface area contributed by atoms with E-state index in [1.165, 1.54) is 12.8 Å². The molecule has 1 atom stereocenters. The molecule has 0 N–H and O–H groups in total. The number of anilines is 1. The van der Waals surface area contributed by atoms with Gasteiger partial charge in [-0.05, 0) is 43.5 Å². The molecule has 2 amide bonds. The Morgan fingerprint density at radius 1 is 1.00 bits per heavy atom. The lowest BCUT2D eigenvalue weighted by Gasteiger charge is -2.22. The fraction of sp³-hybridized carbons (Fsp3) is 0.423. The third kappa shape index (κ3) is 3.90. The predicted molar refractivity (Wildman–Crippen MR) is 126 cm³/mol. The summed E-state index contributed by atoms with van der Waals surface area (Å²) in [6.07, 6.45) is 4.96. The van der Waals surface area contributed by atoms with Crippen molar-refractivity contribution in [3.63, 3.8) is 0 Å². The number of hydrogen-bond donors (Lipinski definition) is 0. The van der Waals surface area contributed by atoms with Crippen LogP contribution in [0.25, 0.3) is 11.0 Å². The average molecular weight is 431 g/mol. The SMILES string of the molecule is Cc1ccccc1N1CC(c2nc3ccccc3n2CC(=O)N2CCCCCC2)CC1=O. The van der Waals surface area contributed by atoms with Gasteiger partial charge in [-0.2, -0.15) is 0 Å². The van der Waals surface area contributed by atoms with Crippen molar-refractivity contribution in [3.8, 4) is 0 Å². The number of fused-ring (bicyclic) bond motifs is 1. The zero-order valence-electron chi connectivity index (χ0n) is 18.7. The van der Waals surface area contributed by atoms with Gasteiger partial charge in [0.25, 0.3) is 0 Å². The van der Waals surface area contributed by atoms with Crippen LogP contribution in [0.15, 0.2) is 48.5 Å². The highest BCUT2D eigenvalue weighted by atomic mass is 16.2. The Hall–Kier alpha value is -3.15. The summed E-state index contributed by atoms with van der Waals surface area (Å²) in [4.78, 5) is 35.0. The quantitative estimate of drug-likeness (QED) is 0.621. The molecule has 0 aliphatic carbocycles. The molecule has 2 aliphatic rings. The number of likely N-dealkylation sites (tertiary alicyclic amines) is 1. The maximum Gasteiger partial charge on any atom is 0.242 e. The van der Waals surface area contributed by atoms with Crippen LogP contribution in [-0.2, 0) is 16.1 Å². The summed E-state index contributed by atoms with van der Waals surface area (Å²) in [6.45, 7) is 4.58. The van der Waals surface area contributed by atoms with Crippen LogP contribution in [0.2, 0.25) is 0 Å². The summed E-state index contributed by atoms with van der Waals surface area (Å²) in [5.74, 6) is 1.07. The molecule has 1 unspecified atom stereocenters. The first-order chi connectivity index (χ1) is 15.6. The van der Waals surface area contributed by atoms with Gasteiger partial charge in [-0.15, -0.1) is 0 Å². The molecule has 1 aromatic heterocycles. The van der Waals surface area contributed by atoms with Crippen molar-refractivity contribution in [1.29, 1.82) is 0 Å². The second-order valence-corrected chi connectivity index (χ2v) is 9.03. The normalized spacial score (nSPS) is 19.5. The first kappa shape index (κ1) is 20.7. The molecular weight excluding hydrogens is 400 g/mol. The van der Waals surface area contributed by atoms with Gasteiger partial charge < -0.3 is 14.4 Å². The Morgan fingerprint density at radius 3 is 2.50 bits per heavy atom. The number of hydrogen-bond acceptors (Lipinski definition) is 3. The van der Waals surface area contributed by atoms with Gasteiger partial charge in [0, 0.05) is 37.7 Å². The lowest BCUT2D eigenvalue weighted by atomic mass is 10.1. The molecule has 3 heterocycles. The lowest BCUT2D eigenvalue weighted by molar-refractivity contribution is -0.131. The third-order valence-corrected chi connectivity index (χ3v) is 6.83. The minimum absolute atomic E-state index is 0.0357. The largest absolute Gasteiger partial charge is 0.341 e. The van der Waals surface area contributed by atoms with Gasteiger partial charge in [-0.3, -0.25) is 9.59 Å². The lowest BCUT2D eigenvalue weighted by Crippen LogP contribution is -2.35. The number of nitrogens with zero attached hydrogens (tertiary/aromatic N) is 4. The fourth-order valence-corrected chi connectivity index (χ4v) is 5.11. The zero-order chi connectivity index (χ0) is 22.1. The number of carbonyl (C=O) groups is 2. The molecule has 6 nitrogen and oxygen atoms in total. The van der Waals surface area contributed by atoms with E-state index in [0.717, 1.165) is 54.0 Å². The van der Waals surface area contributed by atoms with E-state index in [2.05, 4.69) is 4.57 Å². The molecule has 5 rings (SSSR count). The predicted octanol–water partition coefficient (Wildman–Crippen LogP) is 4.27. The van der Waals surface area contributed by atoms with Crippen LogP contribution in [0.5, 0.6) is 0 Å². The van der Waals surface area contributed by atoms with Gasteiger partial charge in [-0.1, -0.05) is 43.2 Å². The van der Waals surface area contributed by atoms with Crippen LogP contribution in [0.1, 0.15) is 49.4 Å². The van der Waals surface area contributed by atoms with Gasteiger partial charge in [0.2, 0.25) is 11.8 Å². The van der Waals surface area contributed by atoms with Gasteiger partial charge in [0.1, 0.15) is 12.4 Å². The standard InChI is InChI=1S/C26H30N4O2/c1-19-10-4-6-12-22(19)29-17-20(16-24(29)31)26-27-21-11-5-7-13-23(21)30(26)18-25(32)28-14-8-2-3-9-15-28/h4-7,10-13,20H,2-3,8-9,14-18H2,1H3. The molecule has 6 heteroatoms. The first-order valence-electron chi connectivity index (χ1n) is 11.7. The van der Waals surface area contributed by atoms with E-state index in [9.17, 15) is 9.59 Å². The Morgan fingerprint density at radius 2 is 1.72 bits per heavy atom. The zero-order valence-corrected chi connectivity index (χ0v) is 18.7. The summed E-state index contributed by atoms with van der Waals surface area (Å²) >= 11 is 0. The maximum absolute atomic E-state index is 13.2. The highest BCUT2D eigenvalue weighted by molar-refractivity contribution is 5.97. The highest BCUT2D eigenvalue weighted by Gasteiger charge is 2.35. The van der Waals surface area contributed by atoms with Crippen molar-refractivity contribution in [1.82, 2.24) is 14.5 Å². The number of carbonyl (C=O) groups excluding carboxylic acids is 2. The second-order valence-electron chi connectivity index (χ2n) is 9.03. The Balaban J connectivity index is 1.46. The van der Waals surface area contributed by atoms with Crippen molar-refractivity contribution in [2.75, 3.05) is 24.5 Å². The molecule has 0 bridgehead atoms. The molecule has 32 heavy (non-hydrogen) atoms. The minimum Gasteiger partial charge on any atom is -0.341 e.